The normalized spacial score (nSPS) is 13.2. The van der Waals surface area contributed by atoms with Gasteiger partial charge in [0.15, 0.2) is 0 Å². The summed E-state index contributed by atoms with van der Waals surface area (Å²) in [7, 11) is 0. The van der Waals surface area contributed by atoms with Crippen LogP contribution in [0, 0.1) is 11.6 Å². The van der Waals surface area contributed by atoms with Gasteiger partial charge in [-0.2, -0.15) is 13.2 Å². The van der Waals surface area contributed by atoms with Gasteiger partial charge in [0.25, 0.3) is 0 Å². The van der Waals surface area contributed by atoms with Crippen molar-refractivity contribution < 1.29 is 22.0 Å². The van der Waals surface area contributed by atoms with Gasteiger partial charge in [0.1, 0.15) is 11.6 Å². The van der Waals surface area contributed by atoms with Crippen molar-refractivity contribution in [1.82, 2.24) is 0 Å². The molecule has 2 aromatic carbocycles. The molecule has 6 heteroatoms. The largest absolute Gasteiger partial charge is 0.416 e. The van der Waals surface area contributed by atoms with Crippen LogP contribution in [-0.4, -0.2) is 0 Å². The molecular weight excluding hydrogens is 289 g/mol. The monoisotopic (exact) mass is 301 g/mol. The Morgan fingerprint density at radius 3 is 2.10 bits per heavy atom. The molecule has 2 N–H and O–H groups in total. The van der Waals surface area contributed by atoms with E-state index in [-0.39, 0.29) is 12.0 Å². The number of hydrogen-bond acceptors (Lipinski definition) is 1. The number of nitrogens with two attached hydrogens (primary N) is 1. The Morgan fingerprint density at radius 2 is 1.57 bits per heavy atom. The number of rotatable bonds is 3. The Labute approximate surface area is 118 Å². The van der Waals surface area contributed by atoms with Crippen LogP contribution in [0.25, 0.3) is 0 Å². The molecule has 0 fully saturated rings. The highest BCUT2D eigenvalue weighted by Crippen LogP contribution is 2.30. The van der Waals surface area contributed by atoms with E-state index < -0.39 is 29.4 Å². The lowest BCUT2D eigenvalue weighted by molar-refractivity contribution is -0.137. The van der Waals surface area contributed by atoms with Crippen LogP contribution in [0.15, 0.2) is 42.5 Å². The van der Waals surface area contributed by atoms with Crippen molar-refractivity contribution in [3.63, 3.8) is 0 Å². The minimum absolute atomic E-state index is 0.0669. The molecule has 0 radical (unpaired) electrons. The minimum Gasteiger partial charge on any atom is -0.324 e. The molecule has 0 aliphatic carbocycles. The highest BCUT2D eigenvalue weighted by molar-refractivity contribution is 5.29. The number of halogens is 5. The van der Waals surface area contributed by atoms with Gasteiger partial charge in [0.05, 0.1) is 5.56 Å². The predicted octanol–water partition coefficient (Wildman–Crippen LogP) is 4.23. The smallest absolute Gasteiger partial charge is 0.324 e. The molecule has 2 aromatic rings. The zero-order chi connectivity index (χ0) is 15.6. The Balaban J connectivity index is 2.15. The van der Waals surface area contributed by atoms with Crippen LogP contribution >= 0.6 is 0 Å². The van der Waals surface area contributed by atoms with E-state index in [0.29, 0.717) is 5.56 Å². The highest BCUT2D eigenvalue weighted by Gasteiger charge is 2.30. The minimum atomic E-state index is -4.41. The van der Waals surface area contributed by atoms with Crippen LogP contribution in [0.3, 0.4) is 0 Å². The SMILES string of the molecule is NC(Cc1ccc(F)cc1F)c1ccc(C(F)(F)F)cc1. The molecule has 0 aromatic heterocycles. The summed E-state index contributed by atoms with van der Waals surface area (Å²) in [5, 5.41) is 0. The van der Waals surface area contributed by atoms with Crippen LogP contribution < -0.4 is 5.73 Å². The number of benzene rings is 2. The van der Waals surface area contributed by atoms with Gasteiger partial charge in [-0.15, -0.1) is 0 Å². The van der Waals surface area contributed by atoms with Gasteiger partial charge in [0, 0.05) is 12.1 Å². The lowest BCUT2D eigenvalue weighted by Gasteiger charge is -2.14. The topological polar surface area (TPSA) is 26.0 Å². The number of alkyl halides is 3. The summed E-state index contributed by atoms with van der Waals surface area (Å²) in [6, 6.07) is 6.82. The summed E-state index contributed by atoms with van der Waals surface area (Å²) < 4.78 is 63.6. The van der Waals surface area contributed by atoms with Crippen LogP contribution in [0.1, 0.15) is 22.7 Å². The quantitative estimate of drug-likeness (QED) is 0.844. The second-order valence-electron chi connectivity index (χ2n) is 4.67. The van der Waals surface area contributed by atoms with Crippen molar-refractivity contribution in [1.29, 1.82) is 0 Å². The van der Waals surface area contributed by atoms with E-state index in [9.17, 15) is 22.0 Å². The Kier molecular flexibility index (Phi) is 4.27. The first-order valence-electron chi connectivity index (χ1n) is 6.14. The lowest BCUT2D eigenvalue weighted by Crippen LogP contribution is -2.15. The maximum absolute atomic E-state index is 13.5. The van der Waals surface area contributed by atoms with Crippen molar-refractivity contribution in [2.45, 2.75) is 18.6 Å². The fourth-order valence-corrected chi connectivity index (χ4v) is 1.96. The van der Waals surface area contributed by atoms with E-state index in [4.69, 9.17) is 5.73 Å². The standard InChI is InChI=1S/C15H12F5N/c16-12-6-3-10(13(17)8-12)7-14(21)9-1-4-11(5-2-9)15(18,19)20/h1-6,8,14H,7,21H2. The second-order valence-corrected chi connectivity index (χ2v) is 4.67. The first-order chi connectivity index (χ1) is 9.77. The fraction of sp³-hybridized carbons (Fsp3) is 0.200. The molecule has 2 rings (SSSR count). The van der Waals surface area contributed by atoms with Crippen molar-refractivity contribution in [2.75, 3.05) is 0 Å². The maximum Gasteiger partial charge on any atom is 0.416 e. The molecule has 0 bridgehead atoms. The molecular formula is C15H12F5N. The summed E-state index contributed by atoms with van der Waals surface area (Å²) in [6.45, 7) is 0. The van der Waals surface area contributed by atoms with Gasteiger partial charge < -0.3 is 5.73 Å². The Hall–Kier alpha value is -1.95. The number of hydrogen-bond donors (Lipinski definition) is 1. The first-order valence-corrected chi connectivity index (χ1v) is 6.14. The Bertz CT molecular complexity index is 619. The fourth-order valence-electron chi connectivity index (χ4n) is 1.96. The molecule has 112 valence electrons. The van der Waals surface area contributed by atoms with Gasteiger partial charge in [-0.1, -0.05) is 18.2 Å². The van der Waals surface area contributed by atoms with Crippen molar-refractivity contribution in [3.8, 4) is 0 Å². The zero-order valence-electron chi connectivity index (χ0n) is 10.8. The van der Waals surface area contributed by atoms with Crippen LogP contribution in [0.4, 0.5) is 22.0 Å². The van der Waals surface area contributed by atoms with E-state index in [2.05, 4.69) is 0 Å². The van der Waals surface area contributed by atoms with Gasteiger partial charge in [0.2, 0.25) is 0 Å². The third-order valence-electron chi connectivity index (χ3n) is 3.12. The molecule has 0 saturated heterocycles. The molecule has 0 saturated carbocycles. The summed E-state index contributed by atoms with van der Waals surface area (Å²) in [5.41, 5.74) is 5.74. The average molecular weight is 301 g/mol. The third kappa shape index (κ3) is 3.78. The van der Waals surface area contributed by atoms with Crippen molar-refractivity contribution in [2.24, 2.45) is 5.73 Å². The maximum atomic E-state index is 13.5. The van der Waals surface area contributed by atoms with Gasteiger partial charge in [-0.05, 0) is 35.7 Å². The first kappa shape index (κ1) is 15.4. The predicted molar refractivity (Wildman–Crippen MR) is 68.4 cm³/mol. The molecule has 0 heterocycles. The van der Waals surface area contributed by atoms with Crippen molar-refractivity contribution >= 4 is 0 Å². The van der Waals surface area contributed by atoms with Crippen LogP contribution in [-0.2, 0) is 12.6 Å². The zero-order valence-corrected chi connectivity index (χ0v) is 10.8. The van der Waals surface area contributed by atoms with Gasteiger partial charge >= 0.3 is 6.18 Å². The molecule has 1 nitrogen and oxygen atoms in total. The molecule has 0 amide bonds. The second kappa shape index (κ2) is 5.81. The Morgan fingerprint density at radius 1 is 0.952 bits per heavy atom. The summed E-state index contributed by atoms with van der Waals surface area (Å²) in [4.78, 5) is 0. The van der Waals surface area contributed by atoms with E-state index in [1.54, 1.807) is 0 Å². The average Bonchev–Trinajstić information content (AvgIpc) is 2.41. The van der Waals surface area contributed by atoms with Gasteiger partial charge in [-0.25, -0.2) is 8.78 Å². The van der Waals surface area contributed by atoms with E-state index in [1.807, 2.05) is 0 Å². The molecule has 0 spiro atoms. The van der Waals surface area contributed by atoms with Crippen molar-refractivity contribution in [3.05, 3.63) is 70.8 Å². The molecule has 0 aliphatic heterocycles. The summed E-state index contributed by atoms with van der Waals surface area (Å²) in [6.07, 6.45) is -4.34. The molecule has 1 unspecified atom stereocenters. The lowest BCUT2D eigenvalue weighted by atomic mass is 9.98. The summed E-state index contributed by atoms with van der Waals surface area (Å²) >= 11 is 0. The van der Waals surface area contributed by atoms with E-state index in [1.165, 1.54) is 18.2 Å². The third-order valence-corrected chi connectivity index (χ3v) is 3.12. The molecule has 1 atom stereocenters. The van der Waals surface area contributed by atoms with Crippen LogP contribution in [0.2, 0.25) is 0 Å². The van der Waals surface area contributed by atoms with E-state index >= 15 is 0 Å². The van der Waals surface area contributed by atoms with Crippen LogP contribution in [0.5, 0.6) is 0 Å². The van der Waals surface area contributed by atoms with E-state index in [0.717, 1.165) is 24.3 Å². The molecule has 0 aliphatic rings. The highest BCUT2D eigenvalue weighted by atomic mass is 19.4. The molecule has 21 heavy (non-hydrogen) atoms. The van der Waals surface area contributed by atoms with Gasteiger partial charge in [-0.3, -0.25) is 0 Å². The summed E-state index contributed by atoms with van der Waals surface area (Å²) in [5.74, 6) is -1.42.